The molecular weight excluding hydrogens is 204 g/mol. The van der Waals surface area contributed by atoms with E-state index in [4.69, 9.17) is 5.73 Å². The van der Waals surface area contributed by atoms with E-state index < -0.39 is 0 Å². The molecule has 5 nitrogen and oxygen atoms in total. The van der Waals surface area contributed by atoms with E-state index in [1.807, 2.05) is 25.1 Å². The zero-order valence-electron chi connectivity index (χ0n) is 9.23. The molecule has 2 rings (SSSR count). The van der Waals surface area contributed by atoms with Crippen molar-refractivity contribution in [2.75, 3.05) is 5.32 Å². The summed E-state index contributed by atoms with van der Waals surface area (Å²) in [5, 5.41) is 9.63. The standard InChI is InChI=1S/C11H16N4O/c1-2-9-6-10(15-14-9)13-11(16)7-3-4-8(12)5-7/h3-4,6-8H,2,5,12H2,1H3,(H2,13,14,15,16). The van der Waals surface area contributed by atoms with Gasteiger partial charge in [0.25, 0.3) is 0 Å². The Bertz CT molecular complexity index is 410. The fourth-order valence-corrected chi connectivity index (χ4v) is 1.75. The summed E-state index contributed by atoms with van der Waals surface area (Å²) < 4.78 is 0. The first-order valence-electron chi connectivity index (χ1n) is 5.48. The largest absolute Gasteiger partial charge is 0.324 e. The van der Waals surface area contributed by atoms with Gasteiger partial charge in [0.15, 0.2) is 5.82 Å². The van der Waals surface area contributed by atoms with Crippen molar-refractivity contribution < 1.29 is 4.79 Å². The van der Waals surface area contributed by atoms with Crippen LogP contribution in [0, 0.1) is 5.92 Å². The summed E-state index contributed by atoms with van der Waals surface area (Å²) in [4.78, 5) is 11.8. The van der Waals surface area contributed by atoms with Crippen LogP contribution in [0.2, 0.25) is 0 Å². The van der Waals surface area contributed by atoms with Crippen molar-refractivity contribution in [1.29, 1.82) is 0 Å². The van der Waals surface area contributed by atoms with E-state index in [1.54, 1.807) is 0 Å². The molecule has 0 aliphatic heterocycles. The van der Waals surface area contributed by atoms with Gasteiger partial charge < -0.3 is 11.1 Å². The van der Waals surface area contributed by atoms with Gasteiger partial charge in [-0.05, 0) is 12.8 Å². The quantitative estimate of drug-likeness (QED) is 0.659. The van der Waals surface area contributed by atoms with Gasteiger partial charge in [0.2, 0.25) is 5.91 Å². The molecule has 0 aromatic carbocycles. The van der Waals surface area contributed by atoms with Gasteiger partial charge in [-0.3, -0.25) is 9.89 Å². The van der Waals surface area contributed by atoms with Gasteiger partial charge in [0, 0.05) is 17.8 Å². The molecule has 1 aromatic rings. The molecule has 16 heavy (non-hydrogen) atoms. The van der Waals surface area contributed by atoms with Gasteiger partial charge in [0.05, 0.1) is 5.92 Å². The average Bonchev–Trinajstić information content (AvgIpc) is 2.87. The maximum absolute atomic E-state index is 11.8. The third-order valence-corrected chi connectivity index (χ3v) is 2.72. The molecule has 86 valence electrons. The SMILES string of the molecule is CCc1cc(NC(=O)C2C=CC(N)C2)n[nH]1. The van der Waals surface area contributed by atoms with Crippen molar-refractivity contribution in [3.63, 3.8) is 0 Å². The first kappa shape index (κ1) is 10.9. The summed E-state index contributed by atoms with van der Waals surface area (Å²) >= 11 is 0. The van der Waals surface area contributed by atoms with Crippen molar-refractivity contribution in [1.82, 2.24) is 10.2 Å². The molecule has 0 radical (unpaired) electrons. The van der Waals surface area contributed by atoms with Crippen molar-refractivity contribution in [2.24, 2.45) is 11.7 Å². The van der Waals surface area contributed by atoms with Crippen molar-refractivity contribution >= 4 is 11.7 Å². The van der Waals surface area contributed by atoms with Crippen molar-refractivity contribution in [3.05, 3.63) is 23.9 Å². The minimum absolute atomic E-state index is 0.00105. The number of nitrogens with zero attached hydrogens (tertiary/aromatic N) is 1. The summed E-state index contributed by atoms with van der Waals surface area (Å²) in [6, 6.07) is 1.84. The van der Waals surface area contributed by atoms with Crippen LogP contribution in [-0.2, 0) is 11.2 Å². The molecule has 1 amide bonds. The first-order valence-corrected chi connectivity index (χ1v) is 5.48. The number of rotatable bonds is 3. The highest BCUT2D eigenvalue weighted by Crippen LogP contribution is 2.18. The maximum atomic E-state index is 11.8. The monoisotopic (exact) mass is 220 g/mol. The molecule has 1 heterocycles. The van der Waals surface area contributed by atoms with E-state index in [1.165, 1.54) is 0 Å². The van der Waals surface area contributed by atoms with Crippen LogP contribution in [-0.4, -0.2) is 22.1 Å². The molecule has 0 saturated heterocycles. The van der Waals surface area contributed by atoms with E-state index in [-0.39, 0.29) is 17.9 Å². The molecule has 0 saturated carbocycles. The maximum Gasteiger partial charge on any atom is 0.232 e. The van der Waals surface area contributed by atoms with Gasteiger partial charge in [-0.1, -0.05) is 19.1 Å². The van der Waals surface area contributed by atoms with Crippen molar-refractivity contribution in [3.8, 4) is 0 Å². The Balaban J connectivity index is 1.94. The average molecular weight is 220 g/mol. The fraction of sp³-hybridized carbons (Fsp3) is 0.455. The summed E-state index contributed by atoms with van der Waals surface area (Å²) in [6.07, 6.45) is 5.27. The normalized spacial score (nSPS) is 23.6. The number of aryl methyl sites for hydroxylation is 1. The lowest BCUT2D eigenvalue weighted by Crippen LogP contribution is -2.24. The molecule has 1 aromatic heterocycles. The molecular formula is C11H16N4O. The van der Waals surface area contributed by atoms with Crippen LogP contribution in [0.15, 0.2) is 18.2 Å². The summed E-state index contributed by atoms with van der Waals surface area (Å²) in [7, 11) is 0. The van der Waals surface area contributed by atoms with Crippen LogP contribution in [0.25, 0.3) is 0 Å². The van der Waals surface area contributed by atoms with Gasteiger partial charge >= 0.3 is 0 Å². The number of amides is 1. The zero-order valence-corrected chi connectivity index (χ0v) is 9.23. The topological polar surface area (TPSA) is 83.8 Å². The molecule has 0 spiro atoms. The molecule has 1 aliphatic carbocycles. The lowest BCUT2D eigenvalue weighted by molar-refractivity contribution is -0.118. The Labute approximate surface area is 94.1 Å². The van der Waals surface area contributed by atoms with Gasteiger partial charge in [-0.25, -0.2) is 0 Å². The molecule has 1 aliphatic rings. The summed E-state index contributed by atoms with van der Waals surface area (Å²) in [5.74, 6) is 0.408. The molecule has 2 atom stereocenters. The van der Waals surface area contributed by atoms with Gasteiger partial charge in [-0.15, -0.1) is 0 Å². The number of carbonyl (C=O) groups is 1. The summed E-state index contributed by atoms with van der Waals surface area (Å²) in [5.41, 5.74) is 6.70. The Kier molecular flexibility index (Phi) is 3.05. The Morgan fingerprint density at radius 3 is 3.06 bits per heavy atom. The van der Waals surface area contributed by atoms with Crippen LogP contribution in [0.3, 0.4) is 0 Å². The third-order valence-electron chi connectivity index (χ3n) is 2.72. The van der Waals surface area contributed by atoms with Crippen LogP contribution in [0.4, 0.5) is 5.82 Å². The third kappa shape index (κ3) is 2.30. The first-order chi connectivity index (χ1) is 7.69. The fourth-order valence-electron chi connectivity index (χ4n) is 1.75. The Morgan fingerprint density at radius 2 is 2.50 bits per heavy atom. The number of aromatic nitrogens is 2. The second-order valence-electron chi connectivity index (χ2n) is 4.01. The smallest absolute Gasteiger partial charge is 0.232 e. The Hall–Kier alpha value is -1.62. The molecule has 0 bridgehead atoms. The number of anilines is 1. The predicted octanol–water partition coefficient (Wildman–Crippen LogP) is 0.814. The lowest BCUT2D eigenvalue weighted by Gasteiger charge is -2.07. The van der Waals surface area contributed by atoms with Gasteiger partial charge in [-0.2, -0.15) is 5.10 Å². The number of aromatic amines is 1. The second kappa shape index (κ2) is 4.49. The lowest BCUT2D eigenvalue weighted by atomic mass is 10.1. The van der Waals surface area contributed by atoms with Crippen LogP contribution in [0.1, 0.15) is 19.0 Å². The second-order valence-corrected chi connectivity index (χ2v) is 4.01. The van der Waals surface area contributed by atoms with Crippen LogP contribution in [0.5, 0.6) is 0 Å². The van der Waals surface area contributed by atoms with E-state index in [2.05, 4.69) is 15.5 Å². The highest BCUT2D eigenvalue weighted by molar-refractivity contribution is 5.93. The minimum Gasteiger partial charge on any atom is -0.324 e. The highest BCUT2D eigenvalue weighted by atomic mass is 16.1. The molecule has 0 fully saturated rings. The van der Waals surface area contributed by atoms with E-state index in [0.29, 0.717) is 12.2 Å². The van der Waals surface area contributed by atoms with Crippen molar-refractivity contribution in [2.45, 2.75) is 25.8 Å². The Morgan fingerprint density at radius 1 is 1.69 bits per heavy atom. The molecule has 5 heteroatoms. The van der Waals surface area contributed by atoms with Crippen LogP contribution < -0.4 is 11.1 Å². The van der Waals surface area contributed by atoms with Gasteiger partial charge in [0.1, 0.15) is 0 Å². The highest BCUT2D eigenvalue weighted by Gasteiger charge is 2.23. The van der Waals surface area contributed by atoms with E-state index in [9.17, 15) is 4.79 Å². The number of hydrogen-bond acceptors (Lipinski definition) is 3. The van der Waals surface area contributed by atoms with Crippen LogP contribution >= 0.6 is 0 Å². The summed E-state index contributed by atoms with van der Waals surface area (Å²) in [6.45, 7) is 2.03. The minimum atomic E-state index is -0.128. The molecule has 2 unspecified atom stereocenters. The zero-order chi connectivity index (χ0) is 11.5. The predicted molar refractivity (Wildman–Crippen MR) is 61.8 cm³/mol. The number of carbonyl (C=O) groups excluding carboxylic acids is 1. The van der Waals surface area contributed by atoms with E-state index >= 15 is 0 Å². The number of hydrogen-bond donors (Lipinski definition) is 3. The number of H-pyrrole nitrogens is 1. The number of nitrogens with two attached hydrogens (primary N) is 1. The molecule has 4 N–H and O–H groups in total. The number of nitrogens with one attached hydrogen (secondary N) is 2. The van der Waals surface area contributed by atoms with E-state index in [0.717, 1.165) is 12.1 Å².